The van der Waals surface area contributed by atoms with Gasteiger partial charge in [-0.3, -0.25) is 0 Å². The van der Waals surface area contributed by atoms with Crippen LogP contribution in [-0.4, -0.2) is 15.2 Å². The molecule has 0 N–H and O–H groups in total. The van der Waals surface area contributed by atoms with Gasteiger partial charge in [-0.1, -0.05) is 109 Å². The van der Waals surface area contributed by atoms with Gasteiger partial charge in [-0.2, -0.15) is 0 Å². The molecule has 0 amide bonds. The van der Waals surface area contributed by atoms with Crippen molar-refractivity contribution in [3.63, 3.8) is 0 Å². The number of allylic oxidation sites excluding steroid dienone is 3. The fraction of sp³-hybridized carbons (Fsp3) is 0.0588. The summed E-state index contributed by atoms with van der Waals surface area (Å²) in [6.45, 7) is 0. The molecule has 0 radical (unpaired) electrons. The second-order valence-corrected chi connectivity index (χ2v) is 10.6. The van der Waals surface area contributed by atoms with Crippen molar-refractivity contribution in [3.05, 3.63) is 139 Å². The lowest BCUT2D eigenvalue weighted by molar-refractivity contribution is 0.881. The zero-order valence-corrected chi connectivity index (χ0v) is 21.0. The van der Waals surface area contributed by atoms with E-state index < -0.39 is 0 Å². The molecular weight excluding hydrogens is 468 g/mol. The maximum atomic E-state index is 4.58. The lowest BCUT2D eigenvalue weighted by atomic mass is 9.90. The van der Waals surface area contributed by atoms with E-state index >= 15 is 0 Å². The molecule has 1 aromatic heterocycles. The van der Waals surface area contributed by atoms with Crippen LogP contribution in [0.15, 0.2) is 139 Å². The Hall–Kier alpha value is -4.21. The first-order valence-corrected chi connectivity index (χ1v) is 13.4. The predicted octanol–water partition coefficient (Wildman–Crippen LogP) is 8.83. The molecule has 0 fully saturated rings. The van der Waals surface area contributed by atoms with Crippen LogP contribution in [0.1, 0.15) is 11.5 Å². The van der Waals surface area contributed by atoms with E-state index in [-0.39, 0.29) is 0 Å². The summed E-state index contributed by atoms with van der Waals surface area (Å²) in [7, 11) is 0. The van der Waals surface area contributed by atoms with Gasteiger partial charge in [-0.25, -0.2) is 9.97 Å². The molecule has 0 spiro atoms. The minimum Gasteiger partial charge on any atom is -0.236 e. The number of nitrogens with zero attached hydrogens (tertiary/aromatic N) is 2. The van der Waals surface area contributed by atoms with Gasteiger partial charge in [0, 0.05) is 27.2 Å². The van der Waals surface area contributed by atoms with Crippen molar-refractivity contribution < 1.29 is 0 Å². The Labute approximate surface area is 221 Å². The lowest BCUT2D eigenvalue weighted by Gasteiger charge is -2.14. The standard InChI is InChI=1S/C34H24N2S/c1-2-9-23(10-3-1)31-21-32(36-22-35-31)27-14-7-12-25(20-27)24-11-6-13-26(19-24)28-16-8-17-30-29-15-4-5-18-33(29)37-34(28)30/h1-22,29,33H. The molecule has 37 heavy (non-hydrogen) atoms. The maximum absolute atomic E-state index is 4.58. The third-order valence-corrected chi connectivity index (χ3v) is 8.56. The summed E-state index contributed by atoms with van der Waals surface area (Å²) in [6.07, 6.45) is 10.7. The van der Waals surface area contributed by atoms with Gasteiger partial charge < -0.3 is 0 Å². The fourth-order valence-corrected chi connectivity index (χ4v) is 6.78. The lowest BCUT2D eigenvalue weighted by Crippen LogP contribution is -2.06. The number of fused-ring (bicyclic) bond motifs is 3. The van der Waals surface area contributed by atoms with Crippen LogP contribution in [0.25, 0.3) is 44.8 Å². The van der Waals surface area contributed by atoms with Crippen LogP contribution in [0.5, 0.6) is 0 Å². The minimum atomic E-state index is 0.471. The highest BCUT2D eigenvalue weighted by Gasteiger charge is 2.32. The Morgan fingerprint density at radius 3 is 2.03 bits per heavy atom. The topological polar surface area (TPSA) is 25.8 Å². The zero-order chi connectivity index (χ0) is 24.6. The van der Waals surface area contributed by atoms with Crippen molar-refractivity contribution in [2.45, 2.75) is 16.1 Å². The molecule has 2 nitrogen and oxygen atoms in total. The summed E-state index contributed by atoms with van der Waals surface area (Å²) in [5.74, 6) is 0.471. The molecule has 2 atom stereocenters. The Morgan fingerprint density at radius 1 is 0.541 bits per heavy atom. The van der Waals surface area contributed by atoms with Crippen LogP contribution in [-0.2, 0) is 0 Å². The molecule has 2 aliphatic rings. The van der Waals surface area contributed by atoms with Crippen LogP contribution < -0.4 is 0 Å². The summed E-state index contributed by atoms with van der Waals surface area (Å²) in [5, 5.41) is 0.495. The van der Waals surface area contributed by atoms with Crippen LogP contribution in [0.2, 0.25) is 0 Å². The normalized spacial score (nSPS) is 17.4. The van der Waals surface area contributed by atoms with E-state index in [0.29, 0.717) is 11.2 Å². The predicted molar refractivity (Wildman–Crippen MR) is 154 cm³/mol. The van der Waals surface area contributed by atoms with Crippen LogP contribution in [0.3, 0.4) is 0 Å². The van der Waals surface area contributed by atoms with Gasteiger partial charge in [0.05, 0.1) is 11.4 Å². The van der Waals surface area contributed by atoms with E-state index in [1.165, 1.54) is 32.7 Å². The molecule has 176 valence electrons. The molecule has 0 saturated carbocycles. The van der Waals surface area contributed by atoms with Gasteiger partial charge in [0.1, 0.15) is 6.33 Å². The van der Waals surface area contributed by atoms with E-state index in [4.69, 9.17) is 0 Å². The molecule has 1 aliphatic heterocycles. The number of rotatable bonds is 4. The maximum Gasteiger partial charge on any atom is 0.116 e. The fourth-order valence-electron chi connectivity index (χ4n) is 5.30. The zero-order valence-electron chi connectivity index (χ0n) is 20.2. The summed E-state index contributed by atoms with van der Waals surface area (Å²) in [4.78, 5) is 10.5. The van der Waals surface area contributed by atoms with E-state index in [2.05, 4.69) is 119 Å². The molecule has 2 heterocycles. The summed E-state index contributed by atoms with van der Waals surface area (Å²) >= 11 is 1.99. The van der Waals surface area contributed by atoms with Crippen molar-refractivity contribution in [3.8, 4) is 44.8 Å². The highest BCUT2D eigenvalue weighted by molar-refractivity contribution is 8.00. The van der Waals surface area contributed by atoms with E-state index in [1.54, 1.807) is 6.33 Å². The Kier molecular flexibility index (Phi) is 5.56. The minimum absolute atomic E-state index is 0.471. The third-order valence-electron chi connectivity index (χ3n) is 7.14. The van der Waals surface area contributed by atoms with Crippen LogP contribution in [0.4, 0.5) is 0 Å². The van der Waals surface area contributed by atoms with Gasteiger partial charge in [0.2, 0.25) is 0 Å². The van der Waals surface area contributed by atoms with Crippen molar-refractivity contribution in [2.24, 2.45) is 0 Å². The van der Waals surface area contributed by atoms with E-state index in [0.717, 1.165) is 22.5 Å². The molecular formula is C34H24N2S. The number of hydrogen-bond acceptors (Lipinski definition) is 3. The largest absolute Gasteiger partial charge is 0.236 e. The first-order valence-electron chi connectivity index (χ1n) is 12.6. The van der Waals surface area contributed by atoms with Crippen LogP contribution in [0, 0.1) is 0 Å². The smallest absolute Gasteiger partial charge is 0.116 e. The summed E-state index contributed by atoms with van der Waals surface area (Å²) in [5.41, 5.74) is 10.4. The van der Waals surface area contributed by atoms with Crippen molar-refractivity contribution in [1.82, 2.24) is 9.97 Å². The second-order valence-electron chi connectivity index (χ2n) is 9.42. The van der Waals surface area contributed by atoms with Crippen molar-refractivity contribution >= 4 is 11.8 Å². The molecule has 3 heteroatoms. The van der Waals surface area contributed by atoms with Crippen molar-refractivity contribution in [1.29, 1.82) is 0 Å². The third kappa shape index (κ3) is 4.12. The van der Waals surface area contributed by atoms with Gasteiger partial charge >= 0.3 is 0 Å². The number of benzene rings is 4. The van der Waals surface area contributed by atoms with Gasteiger partial charge in [-0.05, 0) is 46.0 Å². The van der Waals surface area contributed by atoms with Gasteiger partial charge in [0.15, 0.2) is 0 Å². The van der Waals surface area contributed by atoms with Crippen LogP contribution >= 0.6 is 11.8 Å². The number of hydrogen-bond donors (Lipinski definition) is 0. The first kappa shape index (κ1) is 22.0. The first-order chi connectivity index (χ1) is 18.3. The molecule has 7 rings (SSSR count). The number of aromatic nitrogens is 2. The molecule has 0 bridgehead atoms. The molecule has 5 aromatic rings. The quantitative estimate of drug-likeness (QED) is 0.251. The van der Waals surface area contributed by atoms with Crippen molar-refractivity contribution in [2.75, 3.05) is 0 Å². The SMILES string of the molecule is C1=CC2Sc3c(-c4cccc(-c5cccc(-c6cc(-c7ccccc7)ncn6)c5)c4)cccc3C2C=C1. The highest BCUT2D eigenvalue weighted by atomic mass is 32.2. The molecule has 0 saturated heterocycles. The Morgan fingerprint density at radius 2 is 1.19 bits per heavy atom. The monoisotopic (exact) mass is 492 g/mol. The summed E-state index contributed by atoms with van der Waals surface area (Å²) in [6, 6.07) is 36.6. The Balaban J connectivity index is 1.24. The van der Waals surface area contributed by atoms with Gasteiger partial charge in [0.25, 0.3) is 0 Å². The molecule has 2 unspecified atom stereocenters. The van der Waals surface area contributed by atoms with Gasteiger partial charge in [-0.15, -0.1) is 11.8 Å². The Bertz CT molecular complexity index is 1670. The molecule has 1 aliphatic carbocycles. The molecule has 4 aromatic carbocycles. The second kappa shape index (κ2) is 9.34. The van der Waals surface area contributed by atoms with E-state index in [9.17, 15) is 0 Å². The number of thioether (sulfide) groups is 1. The average Bonchev–Trinajstić information content (AvgIpc) is 3.37. The highest BCUT2D eigenvalue weighted by Crippen LogP contribution is 2.51. The summed E-state index contributed by atoms with van der Waals surface area (Å²) < 4.78 is 0. The average molecular weight is 493 g/mol. The van der Waals surface area contributed by atoms with E-state index in [1.807, 2.05) is 30.0 Å².